The van der Waals surface area contributed by atoms with E-state index in [0.717, 1.165) is 11.4 Å². The zero-order valence-electron chi connectivity index (χ0n) is 5.64. The van der Waals surface area contributed by atoms with Gasteiger partial charge in [-0.1, -0.05) is 12.1 Å². The van der Waals surface area contributed by atoms with Crippen molar-refractivity contribution < 1.29 is 4.94 Å². The molecule has 1 aromatic carbocycles. The first-order valence-corrected chi connectivity index (χ1v) is 3.15. The van der Waals surface area contributed by atoms with Gasteiger partial charge in [0.1, 0.15) is 0 Å². The van der Waals surface area contributed by atoms with Crippen molar-refractivity contribution in [3.63, 3.8) is 0 Å². The van der Waals surface area contributed by atoms with E-state index >= 15 is 0 Å². The molecule has 1 aliphatic heterocycles. The smallest absolute Gasteiger partial charge is 0.0913 e. The van der Waals surface area contributed by atoms with Crippen LogP contribution in [-0.2, 0) is 4.94 Å². The summed E-state index contributed by atoms with van der Waals surface area (Å²) in [5.41, 5.74) is 8.70. The Hall–Kier alpha value is -1.22. The van der Waals surface area contributed by atoms with E-state index in [2.05, 4.69) is 11.0 Å². The van der Waals surface area contributed by atoms with E-state index in [1.165, 1.54) is 5.56 Å². The standard InChI is InChI=1S/C7H8N2O/c1-5-3-2-4-6-7(5)9-10-8-6/h2-4,8-9H,1H3. The minimum Gasteiger partial charge on any atom is -0.240 e. The second-order valence-corrected chi connectivity index (χ2v) is 2.30. The van der Waals surface area contributed by atoms with Gasteiger partial charge in [0, 0.05) is 0 Å². The van der Waals surface area contributed by atoms with Crippen LogP contribution in [0.5, 0.6) is 0 Å². The van der Waals surface area contributed by atoms with Crippen LogP contribution in [0, 0.1) is 6.92 Å². The summed E-state index contributed by atoms with van der Waals surface area (Å²) in [7, 11) is 0. The molecule has 0 spiro atoms. The van der Waals surface area contributed by atoms with E-state index in [4.69, 9.17) is 4.94 Å². The second-order valence-electron chi connectivity index (χ2n) is 2.30. The third-order valence-corrected chi connectivity index (χ3v) is 1.59. The molecular formula is C7H8N2O. The molecule has 3 heteroatoms. The van der Waals surface area contributed by atoms with Gasteiger partial charge in [-0.15, -0.1) is 0 Å². The first kappa shape index (κ1) is 5.56. The maximum atomic E-state index is 4.80. The van der Waals surface area contributed by atoms with Gasteiger partial charge in [-0.2, -0.15) is 4.94 Å². The van der Waals surface area contributed by atoms with E-state index < -0.39 is 0 Å². The minimum absolute atomic E-state index is 1.00. The predicted molar refractivity (Wildman–Crippen MR) is 39.5 cm³/mol. The number of fused-ring (bicyclic) bond motifs is 1. The SMILES string of the molecule is Cc1cccc2c1NON2. The molecule has 0 bridgehead atoms. The lowest BCUT2D eigenvalue weighted by Crippen LogP contribution is -1.94. The summed E-state index contributed by atoms with van der Waals surface area (Å²) in [4.78, 5) is 4.80. The second kappa shape index (κ2) is 1.88. The van der Waals surface area contributed by atoms with Crippen LogP contribution in [0.4, 0.5) is 11.4 Å². The summed E-state index contributed by atoms with van der Waals surface area (Å²) in [6.45, 7) is 2.03. The highest BCUT2D eigenvalue weighted by Crippen LogP contribution is 2.29. The van der Waals surface area contributed by atoms with Gasteiger partial charge in [-0.25, -0.2) is 11.0 Å². The number of para-hydroxylation sites is 1. The van der Waals surface area contributed by atoms with Crippen LogP contribution < -0.4 is 11.0 Å². The van der Waals surface area contributed by atoms with Crippen molar-refractivity contribution in [2.45, 2.75) is 6.92 Å². The van der Waals surface area contributed by atoms with Crippen LogP contribution in [0.15, 0.2) is 18.2 Å². The van der Waals surface area contributed by atoms with E-state index in [1.54, 1.807) is 0 Å². The number of nitrogens with one attached hydrogen (secondary N) is 2. The van der Waals surface area contributed by atoms with Crippen molar-refractivity contribution >= 4 is 11.4 Å². The van der Waals surface area contributed by atoms with Crippen LogP contribution in [0.1, 0.15) is 5.56 Å². The predicted octanol–water partition coefficient (Wildman–Crippen LogP) is 1.68. The van der Waals surface area contributed by atoms with Crippen molar-refractivity contribution in [3.05, 3.63) is 23.8 Å². The van der Waals surface area contributed by atoms with Gasteiger partial charge in [0.25, 0.3) is 0 Å². The average molecular weight is 136 g/mol. The lowest BCUT2D eigenvalue weighted by atomic mass is 10.2. The monoisotopic (exact) mass is 136 g/mol. The van der Waals surface area contributed by atoms with Crippen molar-refractivity contribution in [3.8, 4) is 0 Å². The Balaban J connectivity index is 2.59. The van der Waals surface area contributed by atoms with Gasteiger partial charge in [-0.05, 0) is 18.6 Å². The van der Waals surface area contributed by atoms with E-state index in [1.807, 2.05) is 25.1 Å². The molecule has 3 nitrogen and oxygen atoms in total. The summed E-state index contributed by atoms with van der Waals surface area (Å²) >= 11 is 0. The fraction of sp³-hybridized carbons (Fsp3) is 0.143. The molecule has 1 heterocycles. The number of hydrogen-bond donors (Lipinski definition) is 2. The summed E-state index contributed by atoms with van der Waals surface area (Å²) in [6, 6.07) is 5.97. The zero-order valence-corrected chi connectivity index (χ0v) is 5.64. The maximum Gasteiger partial charge on any atom is 0.0913 e. The zero-order chi connectivity index (χ0) is 6.97. The molecular weight excluding hydrogens is 128 g/mol. The summed E-state index contributed by atoms with van der Waals surface area (Å²) in [5, 5.41) is 0. The van der Waals surface area contributed by atoms with E-state index in [-0.39, 0.29) is 0 Å². The van der Waals surface area contributed by atoms with Crippen LogP contribution in [0.2, 0.25) is 0 Å². The number of rotatable bonds is 0. The molecule has 0 fully saturated rings. The quantitative estimate of drug-likeness (QED) is 0.569. The molecule has 1 aromatic rings. The van der Waals surface area contributed by atoms with Gasteiger partial charge >= 0.3 is 0 Å². The Morgan fingerprint density at radius 3 is 3.00 bits per heavy atom. The molecule has 0 saturated heterocycles. The fourth-order valence-electron chi connectivity index (χ4n) is 1.02. The molecule has 0 unspecified atom stereocenters. The van der Waals surface area contributed by atoms with Crippen LogP contribution >= 0.6 is 0 Å². The first-order valence-electron chi connectivity index (χ1n) is 3.15. The lowest BCUT2D eigenvalue weighted by Gasteiger charge is -1.97. The summed E-state index contributed by atoms with van der Waals surface area (Å²) in [5.74, 6) is 0. The average Bonchev–Trinajstić information content (AvgIpc) is 2.36. The van der Waals surface area contributed by atoms with Gasteiger partial charge in [0.2, 0.25) is 0 Å². The molecule has 0 atom stereocenters. The molecule has 0 radical (unpaired) electrons. The first-order chi connectivity index (χ1) is 4.88. The third-order valence-electron chi connectivity index (χ3n) is 1.59. The Morgan fingerprint density at radius 2 is 2.20 bits per heavy atom. The molecule has 0 amide bonds. The molecule has 0 aliphatic carbocycles. The molecule has 52 valence electrons. The highest BCUT2D eigenvalue weighted by Gasteiger charge is 2.10. The van der Waals surface area contributed by atoms with Gasteiger partial charge in [-0.3, -0.25) is 0 Å². The molecule has 0 saturated carbocycles. The summed E-state index contributed by atoms with van der Waals surface area (Å²) in [6.07, 6.45) is 0. The lowest BCUT2D eigenvalue weighted by molar-refractivity contribution is 0.282. The fourth-order valence-corrected chi connectivity index (χ4v) is 1.02. The minimum atomic E-state index is 1.00. The molecule has 10 heavy (non-hydrogen) atoms. The third kappa shape index (κ3) is 0.642. The Bertz CT molecular complexity index is 260. The van der Waals surface area contributed by atoms with Crippen LogP contribution in [0.25, 0.3) is 0 Å². The van der Waals surface area contributed by atoms with Crippen LogP contribution in [0.3, 0.4) is 0 Å². The van der Waals surface area contributed by atoms with E-state index in [9.17, 15) is 0 Å². The van der Waals surface area contributed by atoms with Gasteiger partial charge in [0.05, 0.1) is 11.4 Å². The number of benzene rings is 1. The Labute approximate surface area is 58.9 Å². The van der Waals surface area contributed by atoms with Crippen molar-refractivity contribution in [1.29, 1.82) is 0 Å². The Morgan fingerprint density at radius 1 is 1.30 bits per heavy atom. The highest BCUT2D eigenvalue weighted by atomic mass is 16.8. The van der Waals surface area contributed by atoms with Crippen molar-refractivity contribution in [2.24, 2.45) is 0 Å². The molecule has 1 aliphatic rings. The van der Waals surface area contributed by atoms with Gasteiger partial charge < -0.3 is 0 Å². The summed E-state index contributed by atoms with van der Waals surface area (Å²) < 4.78 is 0. The van der Waals surface area contributed by atoms with Gasteiger partial charge in [0.15, 0.2) is 0 Å². The Kier molecular flexibility index (Phi) is 1.05. The highest BCUT2D eigenvalue weighted by molar-refractivity contribution is 5.72. The largest absolute Gasteiger partial charge is 0.240 e. The number of anilines is 2. The van der Waals surface area contributed by atoms with Crippen LogP contribution in [-0.4, -0.2) is 0 Å². The van der Waals surface area contributed by atoms with E-state index in [0.29, 0.717) is 0 Å². The number of aryl methyl sites for hydroxylation is 1. The van der Waals surface area contributed by atoms with Crippen molar-refractivity contribution in [2.75, 3.05) is 11.0 Å². The number of hydrogen-bond acceptors (Lipinski definition) is 3. The maximum absolute atomic E-state index is 4.80. The molecule has 0 aromatic heterocycles. The molecule has 2 rings (SSSR count). The molecule has 2 N–H and O–H groups in total. The normalized spacial score (nSPS) is 13.7. The topological polar surface area (TPSA) is 33.3 Å². The van der Waals surface area contributed by atoms with Crippen molar-refractivity contribution in [1.82, 2.24) is 0 Å².